The quantitative estimate of drug-likeness (QED) is 0.131. The number of aromatic nitrogens is 4. The first-order valence-electron chi connectivity index (χ1n) is 19.1. The van der Waals surface area contributed by atoms with E-state index in [1.165, 1.54) is 0 Å². The van der Waals surface area contributed by atoms with Crippen LogP contribution in [0.4, 0.5) is 26.3 Å². The van der Waals surface area contributed by atoms with Gasteiger partial charge in [0.15, 0.2) is 5.82 Å². The Balaban J connectivity index is 1.16. The summed E-state index contributed by atoms with van der Waals surface area (Å²) in [5.74, 6) is -0.238. The van der Waals surface area contributed by atoms with Gasteiger partial charge in [-0.3, -0.25) is 4.57 Å². The van der Waals surface area contributed by atoms with E-state index in [1.54, 1.807) is 12.1 Å². The Morgan fingerprint density at radius 3 is 1.62 bits per heavy atom. The Bertz CT molecular complexity index is 3530. The van der Waals surface area contributed by atoms with Gasteiger partial charge in [0.25, 0.3) is 0 Å². The molecular weight excluding hydrogens is 771 g/mol. The lowest BCUT2D eigenvalue weighted by molar-refractivity contribution is -0.141. The average Bonchev–Trinajstić information content (AvgIpc) is 3.77. The number of hydrogen-bond donors (Lipinski definition) is 0. The summed E-state index contributed by atoms with van der Waals surface area (Å²) in [6, 6.07) is 51.0. The first-order chi connectivity index (χ1) is 29.0. The molecule has 11 rings (SSSR count). The van der Waals surface area contributed by atoms with Crippen molar-refractivity contribution in [1.82, 2.24) is 19.1 Å². The van der Waals surface area contributed by atoms with Crippen LogP contribution in [0.5, 0.6) is 0 Å². The molecule has 3 aromatic heterocycles. The first-order valence-corrected chi connectivity index (χ1v) is 19.1. The fourth-order valence-corrected chi connectivity index (χ4v) is 8.68. The summed E-state index contributed by atoms with van der Waals surface area (Å²) in [6.07, 6.45) is -9.89. The molecule has 0 atom stereocenters. The molecule has 0 fully saturated rings. The molecule has 0 spiro atoms. The summed E-state index contributed by atoms with van der Waals surface area (Å²) >= 11 is 0. The van der Waals surface area contributed by atoms with E-state index in [-0.39, 0.29) is 5.82 Å². The highest BCUT2D eigenvalue weighted by Gasteiger charge is 2.38. The van der Waals surface area contributed by atoms with E-state index in [4.69, 9.17) is 4.98 Å². The molecule has 0 aliphatic rings. The Hall–Kier alpha value is -7.46. The van der Waals surface area contributed by atoms with Crippen molar-refractivity contribution in [2.24, 2.45) is 0 Å². The number of rotatable bonds is 4. The molecule has 0 saturated carbocycles. The van der Waals surface area contributed by atoms with Crippen molar-refractivity contribution >= 4 is 65.3 Å². The number of alkyl halides is 6. The third-order valence-corrected chi connectivity index (χ3v) is 11.4. The van der Waals surface area contributed by atoms with E-state index in [0.717, 1.165) is 54.8 Å². The maximum Gasteiger partial charge on any atom is 0.417 e. The van der Waals surface area contributed by atoms with Crippen LogP contribution in [-0.4, -0.2) is 19.1 Å². The minimum absolute atomic E-state index is 0.236. The Labute approximate surface area is 337 Å². The Morgan fingerprint density at radius 2 is 0.967 bits per heavy atom. The highest BCUT2D eigenvalue weighted by molar-refractivity contribution is 6.14. The molecule has 8 aromatic carbocycles. The van der Waals surface area contributed by atoms with Gasteiger partial charge in [0.2, 0.25) is 0 Å². The van der Waals surface area contributed by atoms with Crippen LogP contribution in [0.2, 0.25) is 0 Å². The number of hydrogen-bond acceptors (Lipinski definition) is 2. The lowest BCUT2D eigenvalue weighted by atomic mass is 10.0. The Kier molecular flexibility index (Phi) is 7.75. The minimum atomic E-state index is -4.99. The van der Waals surface area contributed by atoms with E-state index in [2.05, 4.69) is 58.1 Å². The average molecular weight is 799 g/mol. The van der Waals surface area contributed by atoms with Crippen molar-refractivity contribution in [2.45, 2.75) is 12.4 Å². The minimum Gasteiger partial charge on any atom is -0.309 e. The zero-order valence-electron chi connectivity index (χ0n) is 31.2. The molecule has 0 bridgehead atoms. The van der Waals surface area contributed by atoms with Gasteiger partial charge >= 0.3 is 12.4 Å². The first kappa shape index (κ1) is 35.7. The maximum absolute atomic E-state index is 14.6. The second kappa shape index (κ2) is 13.0. The topological polar surface area (TPSA) is 35.6 Å². The van der Waals surface area contributed by atoms with Crippen LogP contribution in [0.15, 0.2) is 170 Å². The molecule has 11 aromatic rings. The van der Waals surface area contributed by atoms with Gasteiger partial charge in [-0.05, 0) is 89.3 Å². The lowest BCUT2D eigenvalue weighted by Gasteiger charge is -2.18. The zero-order valence-corrected chi connectivity index (χ0v) is 31.2. The van der Waals surface area contributed by atoms with Crippen molar-refractivity contribution < 1.29 is 26.3 Å². The van der Waals surface area contributed by atoms with Gasteiger partial charge in [-0.2, -0.15) is 26.3 Å². The van der Waals surface area contributed by atoms with Crippen molar-refractivity contribution in [1.29, 1.82) is 0 Å². The maximum atomic E-state index is 14.6. The summed E-state index contributed by atoms with van der Waals surface area (Å²) < 4.78 is 90.1. The molecule has 0 aliphatic carbocycles. The highest BCUT2D eigenvalue weighted by Crippen LogP contribution is 2.43. The van der Waals surface area contributed by atoms with Crippen LogP contribution >= 0.6 is 0 Å². The van der Waals surface area contributed by atoms with Crippen molar-refractivity contribution in [2.75, 3.05) is 0 Å². The fourth-order valence-electron chi connectivity index (χ4n) is 8.68. The van der Waals surface area contributed by atoms with E-state index >= 15 is 0 Å². The van der Waals surface area contributed by atoms with Crippen LogP contribution in [0.3, 0.4) is 0 Å². The second-order valence-electron chi connectivity index (χ2n) is 14.8. The summed E-state index contributed by atoms with van der Waals surface area (Å²) in [5.41, 5.74) is 3.61. The van der Waals surface area contributed by atoms with Crippen molar-refractivity contribution in [3.8, 4) is 34.0 Å². The van der Waals surface area contributed by atoms with E-state index in [9.17, 15) is 26.3 Å². The van der Waals surface area contributed by atoms with E-state index in [1.807, 2.05) is 95.6 Å². The third-order valence-electron chi connectivity index (χ3n) is 11.4. The molecule has 290 valence electrons. The van der Waals surface area contributed by atoms with Gasteiger partial charge in [0.1, 0.15) is 5.82 Å². The molecule has 0 aliphatic heterocycles. The smallest absolute Gasteiger partial charge is 0.309 e. The van der Waals surface area contributed by atoms with Crippen LogP contribution in [0.25, 0.3) is 99.3 Å². The number of benzene rings is 8. The number of fused-ring (bicyclic) bond motifs is 9. The molecule has 4 nitrogen and oxygen atoms in total. The van der Waals surface area contributed by atoms with Gasteiger partial charge in [-0.1, -0.05) is 97.1 Å². The van der Waals surface area contributed by atoms with Gasteiger partial charge in [-0.25, -0.2) is 9.97 Å². The number of nitrogens with zero attached hydrogens (tertiary/aromatic N) is 4. The number of para-hydroxylation sites is 3. The predicted molar refractivity (Wildman–Crippen MR) is 227 cm³/mol. The van der Waals surface area contributed by atoms with Crippen LogP contribution in [0.1, 0.15) is 11.1 Å². The fraction of sp³-hybridized carbons (Fsp3) is 0.0400. The van der Waals surface area contributed by atoms with Crippen LogP contribution < -0.4 is 0 Å². The largest absolute Gasteiger partial charge is 0.417 e. The molecular formula is C50H28F6N4. The van der Waals surface area contributed by atoms with E-state index in [0.29, 0.717) is 45.5 Å². The zero-order chi connectivity index (χ0) is 40.9. The van der Waals surface area contributed by atoms with Crippen LogP contribution in [-0.2, 0) is 12.4 Å². The summed E-state index contributed by atoms with van der Waals surface area (Å²) in [6.45, 7) is 0. The summed E-state index contributed by atoms with van der Waals surface area (Å²) in [5, 5.41) is 5.83. The molecule has 0 saturated heterocycles. The second-order valence-corrected chi connectivity index (χ2v) is 14.8. The van der Waals surface area contributed by atoms with Gasteiger partial charge in [0, 0.05) is 43.6 Å². The summed E-state index contributed by atoms with van der Waals surface area (Å²) in [7, 11) is 0. The predicted octanol–water partition coefficient (Wildman–Crippen LogP) is 14.3. The van der Waals surface area contributed by atoms with Crippen molar-refractivity contribution in [3.63, 3.8) is 0 Å². The molecule has 60 heavy (non-hydrogen) atoms. The van der Waals surface area contributed by atoms with Crippen molar-refractivity contribution in [3.05, 3.63) is 181 Å². The normalized spacial score (nSPS) is 12.5. The Morgan fingerprint density at radius 1 is 0.400 bits per heavy atom. The standard InChI is InChI=1S/C50H28F6N4/c51-49(52,53)32-21-23-41(50(54,55)56)40(28-32)47-57-46-34-13-5-4-10-29(34)18-22-37(46)48(58-47)60-43-17-9-7-15-36(43)39-27-31(20-25-45(39)60)30-19-24-44-38(26-30)35-14-6-8-16-42(35)59(44)33-11-2-1-3-12-33/h1-28H. The number of halogens is 6. The molecule has 0 radical (unpaired) electrons. The van der Waals surface area contributed by atoms with E-state index < -0.39 is 34.9 Å². The van der Waals surface area contributed by atoms with Gasteiger partial charge in [-0.15, -0.1) is 0 Å². The third kappa shape index (κ3) is 5.55. The van der Waals surface area contributed by atoms with Gasteiger partial charge < -0.3 is 4.57 Å². The SMILES string of the molecule is FC(F)(F)c1ccc(C(F)(F)F)c(-c2nc(-n3c4ccccc4c4cc(-c5ccc6c(c5)c5ccccc5n6-c5ccccc5)ccc43)c3ccc4ccccc4c3n2)c1. The molecule has 3 heterocycles. The molecule has 0 unspecified atom stereocenters. The molecule has 10 heteroatoms. The van der Waals surface area contributed by atoms with Crippen LogP contribution in [0, 0.1) is 0 Å². The monoisotopic (exact) mass is 798 g/mol. The summed E-state index contributed by atoms with van der Waals surface area (Å²) in [4.78, 5) is 9.40. The molecule has 0 amide bonds. The highest BCUT2D eigenvalue weighted by atomic mass is 19.4. The molecule has 0 N–H and O–H groups in total. The van der Waals surface area contributed by atoms with Gasteiger partial charge in [0.05, 0.1) is 38.7 Å². The lowest BCUT2D eigenvalue weighted by Crippen LogP contribution is -2.12.